The average molecular weight is 386 g/mol. The summed E-state index contributed by atoms with van der Waals surface area (Å²) in [5.74, 6) is 1.49. The highest BCUT2D eigenvalue weighted by atomic mass is 35.5. The molecule has 27 heavy (non-hydrogen) atoms. The van der Waals surface area contributed by atoms with Crippen molar-refractivity contribution in [3.63, 3.8) is 0 Å². The maximum atomic E-state index is 11.9. The minimum absolute atomic E-state index is 0.0907. The van der Waals surface area contributed by atoms with Crippen LogP contribution in [0.25, 0.3) is 11.4 Å². The van der Waals surface area contributed by atoms with E-state index in [1.807, 2.05) is 36.4 Å². The van der Waals surface area contributed by atoms with Crippen molar-refractivity contribution in [2.75, 3.05) is 6.61 Å². The molecule has 0 fully saturated rings. The van der Waals surface area contributed by atoms with E-state index in [4.69, 9.17) is 20.9 Å². The van der Waals surface area contributed by atoms with Crippen LogP contribution in [-0.4, -0.2) is 22.7 Å². The third kappa shape index (κ3) is 5.08. The molecule has 3 aromatic rings. The van der Waals surface area contributed by atoms with Crippen molar-refractivity contribution < 1.29 is 14.1 Å². The normalized spacial score (nSPS) is 10.8. The van der Waals surface area contributed by atoms with Gasteiger partial charge in [-0.3, -0.25) is 4.79 Å². The number of hydrogen-bond donors (Lipinski definition) is 1. The second-order valence-electron chi connectivity index (χ2n) is 6.28. The summed E-state index contributed by atoms with van der Waals surface area (Å²) in [4.78, 5) is 16.2. The zero-order chi connectivity index (χ0) is 19.2. The third-order valence-electron chi connectivity index (χ3n) is 3.94. The van der Waals surface area contributed by atoms with Gasteiger partial charge in [0.2, 0.25) is 11.7 Å². The first kappa shape index (κ1) is 18.9. The first-order chi connectivity index (χ1) is 13.0. The number of nitrogens with zero attached hydrogens (tertiary/aromatic N) is 2. The van der Waals surface area contributed by atoms with E-state index in [0.29, 0.717) is 34.0 Å². The highest BCUT2D eigenvalue weighted by molar-refractivity contribution is 6.33. The zero-order valence-corrected chi connectivity index (χ0v) is 15.9. The Morgan fingerprint density at radius 3 is 2.63 bits per heavy atom. The van der Waals surface area contributed by atoms with Crippen molar-refractivity contribution >= 4 is 17.5 Å². The minimum atomic E-state index is -0.277. The molecule has 1 N–H and O–H groups in total. The Morgan fingerprint density at radius 2 is 1.93 bits per heavy atom. The number of benzene rings is 2. The van der Waals surface area contributed by atoms with Crippen molar-refractivity contribution in [3.05, 3.63) is 65.0 Å². The first-order valence-electron chi connectivity index (χ1n) is 8.60. The molecule has 0 unspecified atom stereocenters. The number of amides is 1. The van der Waals surface area contributed by atoms with Gasteiger partial charge in [-0.05, 0) is 35.7 Å². The van der Waals surface area contributed by atoms with Crippen LogP contribution < -0.4 is 10.1 Å². The number of halogens is 1. The van der Waals surface area contributed by atoms with E-state index in [1.54, 1.807) is 12.1 Å². The maximum Gasteiger partial charge on any atom is 0.258 e. The molecule has 0 saturated carbocycles. The van der Waals surface area contributed by atoms with Crippen LogP contribution in [0.4, 0.5) is 0 Å². The Labute approximate surface area is 162 Å². The zero-order valence-electron chi connectivity index (χ0n) is 15.1. The first-order valence-corrected chi connectivity index (χ1v) is 8.97. The van der Waals surface area contributed by atoms with Crippen molar-refractivity contribution in [1.29, 1.82) is 0 Å². The largest absolute Gasteiger partial charge is 0.484 e. The van der Waals surface area contributed by atoms with Gasteiger partial charge in [-0.15, -0.1) is 0 Å². The second-order valence-corrected chi connectivity index (χ2v) is 6.69. The second kappa shape index (κ2) is 8.68. The summed E-state index contributed by atoms with van der Waals surface area (Å²) in [6.45, 7) is 4.27. The average Bonchev–Trinajstić information content (AvgIpc) is 3.14. The van der Waals surface area contributed by atoms with Gasteiger partial charge in [0.1, 0.15) is 5.75 Å². The van der Waals surface area contributed by atoms with Crippen LogP contribution in [0, 0.1) is 0 Å². The number of nitrogens with one attached hydrogen (secondary N) is 1. The number of rotatable bonds is 7. The van der Waals surface area contributed by atoms with Crippen molar-refractivity contribution in [2.24, 2.45) is 0 Å². The standard InChI is InChI=1S/C20H20ClN3O3/c1-13(2)14-7-9-15(10-8-14)26-12-18(25)22-11-19-23-20(24-27-19)16-5-3-4-6-17(16)21/h3-10,13H,11-12H2,1-2H3,(H,22,25). The Kier molecular flexibility index (Phi) is 6.08. The lowest BCUT2D eigenvalue weighted by molar-refractivity contribution is -0.123. The van der Waals surface area contributed by atoms with Gasteiger partial charge < -0.3 is 14.6 Å². The van der Waals surface area contributed by atoms with E-state index < -0.39 is 0 Å². The van der Waals surface area contributed by atoms with Crippen LogP contribution in [0.5, 0.6) is 5.75 Å². The van der Waals surface area contributed by atoms with E-state index in [2.05, 4.69) is 29.3 Å². The number of ether oxygens (including phenoxy) is 1. The Hall–Kier alpha value is -2.86. The summed E-state index contributed by atoms with van der Waals surface area (Å²) in [6, 6.07) is 14.9. The van der Waals surface area contributed by atoms with Crippen LogP contribution in [0.3, 0.4) is 0 Å². The molecule has 6 nitrogen and oxygen atoms in total. The van der Waals surface area contributed by atoms with Gasteiger partial charge in [0.25, 0.3) is 5.91 Å². The van der Waals surface area contributed by atoms with Crippen LogP contribution in [0.2, 0.25) is 5.02 Å². The van der Waals surface area contributed by atoms with E-state index >= 15 is 0 Å². The van der Waals surface area contributed by atoms with Crippen LogP contribution in [0.1, 0.15) is 31.2 Å². The molecule has 1 aromatic heterocycles. The molecule has 0 aliphatic carbocycles. The third-order valence-corrected chi connectivity index (χ3v) is 4.27. The molecule has 140 valence electrons. The van der Waals surface area contributed by atoms with Gasteiger partial charge >= 0.3 is 0 Å². The quantitative estimate of drug-likeness (QED) is 0.659. The summed E-state index contributed by atoms with van der Waals surface area (Å²) < 4.78 is 10.6. The molecule has 0 atom stereocenters. The van der Waals surface area contributed by atoms with Gasteiger partial charge in [0.05, 0.1) is 11.6 Å². The summed E-state index contributed by atoms with van der Waals surface area (Å²) in [6.07, 6.45) is 0. The fourth-order valence-corrected chi connectivity index (χ4v) is 2.62. The van der Waals surface area contributed by atoms with Crippen LogP contribution >= 0.6 is 11.6 Å². The minimum Gasteiger partial charge on any atom is -0.484 e. The summed E-state index contributed by atoms with van der Waals surface area (Å²) in [5.41, 5.74) is 1.89. The lowest BCUT2D eigenvalue weighted by Gasteiger charge is -2.08. The van der Waals surface area contributed by atoms with Gasteiger partial charge in [-0.25, -0.2) is 0 Å². The molecule has 0 aliphatic heterocycles. The van der Waals surface area contributed by atoms with E-state index in [9.17, 15) is 4.79 Å². The topological polar surface area (TPSA) is 77.2 Å². The number of aromatic nitrogens is 2. The lowest BCUT2D eigenvalue weighted by Crippen LogP contribution is -2.28. The molecule has 1 amide bonds. The molecule has 2 aromatic carbocycles. The smallest absolute Gasteiger partial charge is 0.258 e. The molecule has 0 bridgehead atoms. The highest BCUT2D eigenvalue weighted by Gasteiger charge is 2.12. The number of hydrogen-bond acceptors (Lipinski definition) is 5. The van der Waals surface area contributed by atoms with Crippen molar-refractivity contribution in [1.82, 2.24) is 15.5 Å². The SMILES string of the molecule is CC(C)c1ccc(OCC(=O)NCc2nc(-c3ccccc3Cl)no2)cc1. The molecule has 1 heterocycles. The van der Waals surface area contributed by atoms with Crippen molar-refractivity contribution in [2.45, 2.75) is 26.3 Å². The van der Waals surface area contributed by atoms with E-state index in [0.717, 1.165) is 0 Å². The van der Waals surface area contributed by atoms with Crippen LogP contribution in [-0.2, 0) is 11.3 Å². The van der Waals surface area contributed by atoms with Crippen LogP contribution in [0.15, 0.2) is 53.1 Å². The van der Waals surface area contributed by atoms with Gasteiger partial charge in [-0.2, -0.15) is 4.98 Å². The monoisotopic (exact) mass is 385 g/mol. The van der Waals surface area contributed by atoms with Gasteiger partial charge in [-0.1, -0.05) is 54.9 Å². The molecular formula is C20H20ClN3O3. The van der Waals surface area contributed by atoms with Gasteiger partial charge in [0, 0.05) is 5.56 Å². The summed E-state index contributed by atoms with van der Waals surface area (Å²) in [7, 11) is 0. The highest BCUT2D eigenvalue weighted by Crippen LogP contribution is 2.24. The predicted molar refractivity (Wildman–Crippen MR) is 103 cm³/mol. The van der Waals surface area contributed by atoms with Gasteiger partial charge in [0.15, 0.2) is 6.61 Å². The Morgan fingerprint density at radius 1 is 1.19 bits per heavy atom. The maximum absolute atomic E-state index is 11.9. The lowest BCUT2D eigenvalue weighted by atomic mass is 10.0. The summed E-state index contributed by atoms with van der Waals surface area (Å²) >= 11 is 6.11. The molecule has 0 aliphatic rings. The Balaban J connectivity index is 1.49. The number of carbonyl (C=O) groups excluding carboxylic acids is 1. The summed E-state index contributed by atoms with van der Waals surface area (Å²) in [5, 5.41) is 7.11. The molecule has 0 spiro atoms. The Bertz CT molecular complexity index is 907. The van der Waals surface area contributed by atoms with E-state index in [1.165, 1.54) is 5.56 Å². The molecule has 7 heteroatoms. The molecule has 0 radical (unpaired) electrons. The van der Waals surface area contributed by atoms with Crippen molar-refractivity contribution in [3.8, 4) is 17.1 Å². The molecule has 3 rings (SSSR count). The number of carbonyl (C=O) groups is 1. The molecular weight excluding hydrogens is 366 g/mol. The fraction of sp³-hybridized carbons (Fsp3) is 0.250. The predicted octanol–water partition coefficient (Wildman–Crippen LogP) is 4.21. The molecule has 0 saturated heterocycles. The fourth-order valence-electron chi connectivity index (χ4n) is 2.40. The van der Waals surface area contributed by atoms with E-state index in [-0.39, 0.29) is 19.1 Å².